The van der Waals surface area contributed by atoms with Gasteiger partial charge in [-0.2, -0.15) is 0 Å². The predicted molar refractivity (Wildman–Crippen MR) is 98.2 cm³/mol. The van der Waals surface area contributed by atoms with E-state index in [1.54, 1.807) is 29.6 Å². The van der Waals surface area contributed by atoms with Crippen molar-refractivity contribution < 1.29 is 19.1 Å². The second kappa shape index (κ2) is 7.50. The number of halogens is 1. The summed E-state index contributed by atoms with van der Waals surface area (Å²) in [5, 5.41) is 16.1. The van der Waals surface area contributed by atoms with Gasteiger partial charge in [-0.1, -0.05) is 28.1 Å². The summed E-state index contributed by atoms with van der Waals surface area (Å²) < 4.78 is 5.98. The van der Waals surface area contributed by atoms with E-state index in [0.717, 1.165) is 21.4 Å². The van der Waals surface area contributed by atoms with Gasteiger partial charge < -0.3 is 19.6 Å². The number of aromatic carboxylic acids is 1. The SMILES string of the molecule is O=C(C=Cc1ccco1)Nc1scc(-c2ccc(Br)cc2)c1C(=O)[O-]. The number of hydrogen-bond acceptors (Lipinski definition) is 5. The molecule has 0 aliphatic rings. The summed E-state index contributed by atoms with van der Waals surface area (Å²) >= 11 is 4.47. The van der Waals surface area contributed by atoms with E-state index in [0.29, 0.717) is 11.3 Å². The van der Waals surface area contributed by atoms with Crippen LogP contribution in [0.2, 0.25) is 0 Å². The van der Waals surface area contributed by atoms with Crippen molar-refractivity contribution in [1.29, 1.82) is 0 Å². The summed E-state index contributed by atoms with van der Waals surface area (Å²) in [5.41, 5.74) is 1.19. The van der Waals surface area contributed by atoms with E-state index in [2.05, 4.69) is 21.2 Å². The topological polar surface area (TPSA) is 82.4 Å². The quantitative estimate of drug-likeness (QED) is 0.641. The molecule has 0 fully saturated rings. The summed E-state index contributed by atoms with van der Waals surface area (Å²) in [5.74, 6) is -1.27. The number of hydrogen-bond donors (Lipinski definition) is 1. The Morgan fingerprint density at radius 1 is 1.20 bits per heavy atom. The third kappa shape index (κ3) is 4.07. The maximum Gasteiger partial charge on any atom is 0.249 e. The van der Waals surface area contributed by atoms with Gasteiger partial charge in [-0.15, -0.1) is 11.3 Å². The van der Waals surface area contributed by atoms with Crippen molar-refractivity contribution in [2.75, 3.05) is 5.32 Å². The first-order valence-corrected chi connectivity index (χ1v) is 8.83. The number of carbonyl (C=O) groups excluding carboxylic acids is 2. The van der Waals surface area contributed by atoms with Gasteiger partial charge in [0.15, 0.2) is 0 Å². The summed E-state index contributed by atoms with van der Waals surface area (Å²) in [6.45, 7) is 0. The minimum absolute atomic E-state index is 0.0351. The fourth-order valence-corrected chi connectivity index (χ4v) is 3.42. The lowest BCUT2D eigenvalue weighted by molar-refractivity contribution is -0.254. The third-order valence-electron chi connectivity index (χ3n) is 3.33. The molecule has 0 aliphatic carbocycles. The Labute approximate surface area is 155 Å². The molecule has 0 spiro atoms. The molecule has 0 unspecified atom stereocenters. The first kappa shape index (κ1) is 17.2. The number of rotatable bonds is 5. The largest absolute Gasteiger partial charge is 0.545 e. The molecule has 126 valence electrons. The highest BCUT2D eigenvalue weighted by molar-refractivity contribution is 9.10. The number of furan rings is 1. The van der Waals surface area contributed by atoms with Crippen LogP contribution in [-0.4, -0.2) is 11.9 Å². The second-order valence-electron chi connectivity index (χ2n) is 4.99. The molecule has 1 amide bonds. The number of anilines is 1. The molecule has 2 aromatic heterocycles. The highest BCUT2D eigenvalue weighted by atomic mass is 79.9. The van der Waals surface area contributed by atoms with Gasteiger partial charge in [-0.3, -0.25) is 4.79 Å². The minimum Gasteiger partial charge on any atom is -0.545 e. The van der Waals surface area contributed by atoms with E-state index >= 15 is 0 Å². The Bertz CT molecular complexity index is 927. The average molecular weight is 417 g/mol. The number of nitrogens with one attached hydrogen (secondary N) is 1. The summed E-state index contributed by atoms with van der Waals surface area (Å²) in [6, 6.07) is 10.6. The predicted octanol–water partition coefficient (Wildman–Crippen LogP) is 3.79. The number of carboxylic acids is 1. The number of amides is 1. The van der Waals surface area contributed by atoms with Crippen LogP contribution >= 0.6 is 27.3 Å². The molecule has 1 N–H and O–H groups in total. The molecule has 2 heterocycles. The van der Waals surface area contributed by atoms with Crippen LogP contribution in [0.3, 0.4) is 0 Å². The van der Waals surface area contributed by atoms with Crippen LogP contribution in [0.15, 0.2) is 63.0 Å². The van der Waals surface area contributed by atoms with Crippen LogP contribution in [-0.2, 0) is 4.79 Å². The monoisotopic (exact) mass is 416 g/mol. The molecule has 0 saturated carbocycles. The molecule has 5 nitrogen and oxygen atoms in total. The van der Waals surface area contributed by atoms with Gasteiger partial charge in [-0.25, -0.2) is 0 Å². The zero-order valence-electron chi connectivity index (χ0n) is 12.7. The molecule has 0 aliphatic heterocycles. The molecule has 7 heteroatoms. The van der Waals surface area contributed by atoms with Crippen molar-refractivity contribution in [1.82, 2.24) is 0 Å². The number of thiophene rings is 1. The third-order valence-corrected chi connectivity index (χ3v) is 4.75. The fourth-order valence-electron chi connectivity index (χ4n) is 2.19. The maximum absolute atomic E-state index is 12.0. The zero-order valence-corrected chi connectivity index (χ0v) is 15.1. The van der Waals surface area contributed by atoms with Gasteiger partial charge in [0.2, 0.25) is 5.91 Å². The molecule has 1 aromatic carbocycles. The molecule has 3 aromatic rings. The molecular weight excluding hydrogens is 406 g/mol. The Kier molecular flexibility index (Phi) is 5.16. The Morgan fingerprint density at radius 3 is 2.60 bits per heavy atom. The van der Waals surface area contributed by atoms with Gasteiger partial charge in [-0.05, 0) is 35.9 Å². The standard InChI is InChI=1S/C18H12BrNO4S/c19-12-5-3-11(4-6-12)14-10-25-17(16(14)18(22)23)20-15(21)8-7-13-2-1-9-24-13/h1-10H,(H,20,21)(H,22,23)/p-1. The first-order chi connectivity index (χ1) is 12.0. The van der Waals surface area contributed by atoms with E-state index in [4.69, 9.17) is 4.42 Å². The molecule has 25 heavy (non-hydrogen) atoms. The second-order valence-corrected chi connectivity index (χ2v) is 6.78. The van der Waals surface area contributed by atoms with Crippen LogP contribution < -0.4 is 10.4 Å². The van der Waals surface area contributed by atoms with Crippen molar-refractivity contribution in [3.05, 3.63) is 69.9 Å². The van der Waals surface area contributed by atoms with E-state index in [9.17, 15) is 14.7 Å². The number of benzene rings is 1. The lowest BCUT2D eigenvalue weighted by atomic mass is 10.0. The number of carbonyl (C=O) groups is 2. The van der Waals surface area contributed by atoms with Gasteiger partial charge in [0, 0.05) is 27.1 Å². The Hall–Kier alpha value is -2.64. The Balaban J connectivity index is 1.85. The van der Waals surface area contributed by atoms with Crippen LogP contribution in [0.1, 0.15) is 16.1 Å². The maximum atomic E-state index is 12.0. The zero-order chi connectivity index (χ0) is 17.8. The van der Waals surface area contributed by atoms with Crippen LogP contribution in [0.4, 0.5) is 5.00 Å². The van der Waals surface area contributed by atoms with Gasteiger partial charge in [0.05, 0.1) is 12.2 Å². The average Bonchev–Trinajstić information content (AvgIpc) is 3.23. The van der Waals surface area contributed by atoms with Crippen molar-refractivity contribution >= 4 is 50.2 Å². The summed E-state index contributed by atoms with van der Waals surface area (Å²) in [7, 11) is 0. The summed E-state index contributed by atoms with van der Waals surface area (Å²) in [6.07, 6.45) is 4.27. The highest BCUT2D eigenvalue weighted by Gasteiger charge is 2.15. The molecule has 0 radical (unpaired) electrons. The van der Waals surface area contributed by atoms with Gasteiger partial charge in [0.25, 0.3) is 0 Å². The lowest BCUT2D eigenvalue weighted by Crippen LogP contribution is -2.24. The van der Waals surface area contributed by atoms with Crippen molar-refractivity contribution in [2.24, 2.45) is 0 Å². The number of carboxylic acid groups (broad SMARTS) is 1. The lowest BCUT2D eigenvalue weighted by Gasteiger charge is -2.09. The molecular formula is C18H11BrNO4S-. The van der Waals surface area contributed by atoms with Crippen molar-refractivity contribution in [2.45, 2.75) is 0 Å². The smallest absolute Gasteiger partial charge is 0.249 e. The molecule has 0 saturated heterocycles. The molecule has 3 rings (SSSR count). The van der Waals surface area contributed by atoms with E-state index in [1.807, 2.05) is 12.1 Å². The van der Waals surface area contributed by atoms with E-state index in [-0.39, 0.29) is 10.6 Å². The van der Waals surface area contributed by atoms with Crippen molar-refractivity contribution in [3.8, 4) is 11.1 Å². The van der Waals surface area contributed by atoms with Crippen molar-refractivity contribution in [3.63, 3.8) is 0 Å². The van der Waals surface area contributed by atoms with Crippen LogP contribution in [0, 0.1) is 0 Å². The first-order valence-electron chi connectivity index (χ1n) is 7.16. The summed E-state index contributed by atoms with van der Waals surface area (Å²) in [4.78, 5) is 23.6. The van der Waals surface area contributed by atoms with E-state index < -0.39 is 11.9 Å². The minimum atomic E-state index is -1.34. The van der Waals surface area contributed by atoms with Gasteiger partial charge >= 0.3 is 0 Å². The molecule has 0 bridgehead atoms. The normalized spacial score (nSPS) is 10.9. The van der Waals surface area contributed by atoms with Crippen LogP contribution in [0.5, 0.6) is 0 Å². The van der Waals surface area contributed by atoms with E-state index in [1.165, 1.54) is 18.4 Å². The Morgan fingerprint density at radius 2 is 1.96 bits per heavy atom. The highest BCUT2D eigenvalue weighted by Crippen LogP contribution is 2.35. The fraction of sp³-hybridized carbons (Fsp3) is 0. The van der Waals surface area contributed by atoms with Crippen LogP contribution in [0.25, 0.3) is 17.2 Å². The van der Waals surface area contributed by atoms with Gasteiger partial charge in [0.1, 0.15) is 10.8 Å². The molecule has 0 atom stereocenters.